The van der Waals surface area contributed by atoms with E-state index >= 15 is 8.42 Å². The minimum absolute atomic E-state index is 0.0778. The van der Waals surface area contributed by atoms with Gasteiger partial charge in [0.25, 0.3) is 0 Å². The summed E-state index contributed by atoms with van der Waals surface area (Å²) in [6, 6.07) is 27.0. The number of aliphatic hydroxyl groups is 1. The molecule has 22 heteroatoms. The van der Waals surface area contributed by atoms with Crippen LogP contribution < -0.4 is 30.0 Å². The number of fused-ring (bicyclic) bond motifs is 1. The fourth-order valence-corrected chi connectivity index (χ4v) is 10.9. The first-order valence-corrected chi connectivity index (χ1v) is 24.0. The van der Waals surface area contributed by atoms with E-state index in [-0.39, 0.29) is 42.5 Å². The van der Waals surface area contributed by atoms with Crippen LogP contribution in [0.2, 0.25) is 0 Å². The molecule has 2 heterocycles. The summed E-state index contributed by atoms with van der Waals surface area (Å²) in [5.41, 5.74) is 8.24. The Morgan fingerprint density at radius 2 is 1.38 bits per heavy atom. The van der Waals surface area contributed by atoms with Crippen LogP contribution in [0.3, 0.4) is 0 Å². The summed E-state index contributed by atoms with van der Waals surface area (Å²) < 4.78 is 87.0. The van der Waals surface area contributed by atoms with Crippen molar-refractivity contribution >= 4 is 43.1 Å². The molecule has 358 valence electrons. The van der Waals surface area contributed by atoms with Crippen LogP contribution in [0.1, 0.15) is 37.5 Å². The fourth-order valence-electron chi connectivity index (χ4n) is 7.22. The van der Waals surface area contributed by atoms with Crippen LogP contribution in [-0.2, 0) is 44.4 Å². The zero-order valence-corrected chi connectivity index (χ0v) is 39.8. The molecule has 7 rings (SSSR count). The third kappa shape index (κ3) is 11.3. The summed E-state index contributed by atoms with van der Waals surface area (Å²) >= 11 is 0. The monoisotopic (exact) mass is 968 g/mol. The molecule has 0 bridgehead atoms. The number of alkyl carbamates (subject to hydrolysis) is 1. The molecule has 1 amide bonds. The van der Waals surface area contributed by atoms with Gasteiger partial charge in [0.05, 0.1) is 57.1 Å². The molecular weight excluding hydrogens is 917 g/mol. The lowest BCUT2D eigenvalue weighted by atomic mass is 9.98. The van der Waals surface area contributed by atoms with Gasteiger partial charge in [-0.2, -0.15) is 9.10 Å². The number of imidazole rings is 1. The Kier molecular flexibility index (Phi) is 14.6. The number of hydrogen-bond acceptors (Lipinski definition) is 15. The van der Waals surface area contributed by atoms with Crippen LogP contribution in [0.5, 0.6) is 17.2 Å². The van der Waals surface area contributed by atoms with Gasteiger partial charge in [-0.1, -0.05) is 54.6 Å². The molecule has 6 N–H and O–H groups in total. The van der Waals surface area contributed by atoms with Crippen LogP contribution in [0, 0.1) is 0 Å². The van der Waals surface area contributed by atoms with Crippen LogP contribution >= 0.6 is 0 Å². The van der Waals surface area contributed by atoms with E-state index in [1.165, 1.54) is 25.1 Å². The van der Waals surface area contributed by atoms with Crippen molar-refractivity contribution in [3.8, 4) is 39.8 Å². The van der Waals surface area contributed by atoms with E-state index in [0.29, 0.717) is 45.0 Å². The predicted octanol–water partition coefficient (Wildman–Crippen LogP) is 5.09. The van der Waals surface area contributed by atoms with Crippen molar-refractivity contribution in [2.24, 2.45) is 0 Å². The molecule has 68 heavy (non-hydrogen) atoms. The summed E-state index contributed by atoms with van der Waals surface area (Å²) in [5, 5.41) is 26.3. The minimum Gasteiger partial charge on any atom is -0.497 e. The zero-order valence-electron chi connectivity index (χ0n) is 38.1. The van der Waals surface area contributed by atoms with E-state index in [0.717, 1.165) is 15.9 Å². The molecule has 0 aliphatic carbocycles. The number of aromatic nitrogens is 6. The van der Waals surface area contributed by atoms with E-state index in [1.807, 2.05) is 0 Å². The van der Waals surface area contributed by atoms with Crippen molar-refractivity contribution < 1.29 is 45.7 Å². The highest BCUT2D eigenvalue weighted by molar-refractivity contribution is 7.92. The minimum atomic E-state index is -5.03. The van der Waals surface area contributed by atoms with Gasteiger partial charge in [-0.25, -0.2) is 31.3 Å². The maximum atomic E-state index is 16.1. The van der Waals surface area contributed by atoms with Gasteiger partial charge >= 0.3 is 6.09 Å². The number of aromatic amines is 1. The SMILES string of the molecule is COc1ccc(CN(Cc2ccc(OC)cc2)S(=O)(=O)c2c(S(=O)(=O)N[C@H](CO)CNC(=O)OC(C)(C)C)ccc(-c3cccc4[nH]c(N)nc34)c2-c2nnn(Cc3ccc(OC)cc3)n2)cc1. The molecular formula is C46H52N10O10S2. The molecule has 0 saturated carbocycles. The van der Waals surface area contributed by atoms with Gasteiger partial charge < -0.3 is 40.1 Å². The van der Waals surface area contributed by atoms with Crippen LogP contribution in [-0.4, -0.2) is 109 Å². The molecule has 0 fully saturated rings. The average molecular weight is 969 g/mol. The Labute approximate surface area is 393 Å². The number of nitrogen functional groups attached to an aromatic ring is 1. The Hall–Kier alpha value is -7.11. The number of methoxy groups -OCH3 is 3. The lowest BCUT2D eigenvalue weighted by molar-refractivity contribution is 0.0519. The number of nitrogens with two attached hydrogens (primary N) is 1. The van der Waals surface area contributed by atoms with E-state index in [2.05, 4.69) is 30.3 Å². The highest BCUT2D eigenvalue weighted by atomic mass is 32.2. The summed E-state index contributed by atoms with van der Waals surface area (Å²) in [4.78, 5) is 19.9. The Balaban J connectivity index is 1.48. The number of aliphatic hydroxyl groups excluding tert-OH is 1. The van der Waals surface area contributed by atoms with Crippen molar-refractivity contribution in [3.63, 3.8) is 0 Å². The second kappa shape index (κ2) is 20.4. The summed E-state index contributed by atoms with van der Waals surface area (Å²) in [6.07, 6.45) is -0.866. The number of hydrogen-bond donors (Lipinski definition) is 5. The van der Waals surface area contributed by atoms with Gasteiger partial charge in [-0.05, 0) is 96.8 Å². The number of amides is 1. The highest BCUT2D eigenvalue weighted by Gasteiger charge is 2.39. The second-order valence-corrected chi connectivity index (χ2v) is 20.0. The standard InChI is InChI=1S/C46H52N10O10S2/c1-46(2,3)66-45(58)48-24-32(28-57)53-67(59,60)39-23-22-36(37-8-7-9-38-41(37)50-44(47)49-38)40(43-51-54-56(52-43)27-31-14-20-35(65-6)21-15-31)42(39)68(61,62)55(25-29-10-16-33(63-4)17-11-29)26-30-12-18-34(64-5)19-13-30/h7-23,32,53,57H,24-28H2,1-6H3,(H,48,58)(H3,47,49,50)/t32-/m0/s1. The molecule has 1 atom stereocenters. The average Bonchev–Trinajstić information content (AvgIpc) is 3.95. The van der Waals surface area contributed by atoms with Gasteiger partial charge in [-0.15, -0.1) is 10.2 Å². The molecule has 2 aromatic heterocycles. The lowest BCUT2D eigenvalue weighted by Crippen LogP contribution is -2.47. The largest absolute Gasteiger partial charge is 0.497 e. The number of carbonyl (C=O) groups is 1. The van der Waals surface area contributed by atoms with Crippen LogP contribution in [0.15, 0.2) is 113 Å². The van der Waals surface area contributed by atoms with Gasteiger partial charge in [0.1, 0.15) is 32.6 Å². The molecule has 0 aliphatic heterocycles. The Morgan fingerprint density at radius 3 is 1.93 bits per heavy atom. The third-order valence-corrected chi connectivity index (χ3v) is 14.0. The number of ether oxygens (including phenoxy) is 4. The molecule has 20 nitrogen and oxygen atoms in total. The number of tetrazole rings is 1. The van der Waals surface area contributed by atoms with Crippen molar-refractivity contribution in [1.29, 1.82) is 0 Å². The number of nitrogens with one attached hydrogen (secondary N) is 3. The number of para-hydroxylation sites is 1. The van der Waals surface area contributed by atoms with Crippen LogP contribution in [0.25, 0.3) is 33.5 Å². The van der Waals surface area contributed by atoms with E-state index in [9.17, 15) is 18.3 Å². The summed E-state index contributed by atoms with van der Waals surface area (Å²) in [5.74, 6) is 1.52. The lowest BCUT2D eigenvalue weighted by Gasteiger charge is -2.27. The highest BCUT2D eigenvalue weighted by Crippen LogP contribution is 2.43. The van der Waals surface area contributed by atoms with Crippen LogP contribution in [0.4, 0.5) is 10.7 Å². The molecule has 0 spiro atoms. The first kappa shape index (κ1) is 48.8. The topological polar surface area (TPSA) is 268 Å². The van der Waals surface area contributed by atoms with E-state index in [4.69, 9.17) is 29.8 Å². The molecule has 0 radical (unpaired) electrons. The second-order valence-electron chi connectivity index (χ2n) is 16.5. The summed E-state index contributed by atoms with van der Waals surface area (Å²) in [7, 11) is -5.43. The number of nitrogens with zero attached hydrogens (tertiary/aromatic N) is 6. The maximum Gasteiger partial charge on any atom is 0.407 e. The predicted molar refractivity (Wildman–Crippen MR) is 253 cm³/mol. The normalized spacial score (nSPS) is 12.5. The van der Waals surface area contributed by atoms with Gasteiger partial charge in [0.15, 0.2) is 5.95 Å². The molecule has 5 aromatic carbocycles. The van der Waals surface area contributed by atoms with Gasteiger partial charge in [-0.3, -0.25) is 0 Å². The quantitative estimate of drug-likeness (QED) is 0.0706. The van der Waals surface area contributed by atoms with E-state index in [1.54, 1.807) is 119 Å². The molecule has 0 saturated heterocycles. The van der Waals surface area contributed by atoms with Crippen molar-refractivity contribution in [1.82, 2.24) is 44.5 Å². The maximum absolute atomic E-state index is 16.1. The first-order chi connectivity index (χ1) is 32.4. The Bertz CT molecular complexity index is 3050. The smallest absolute Gasteiger partial charge is 0.407 e. The Morgan fingerprint density at radius 1 is 0.809 bits per heavy atom. The van der Waals surface area contributed by atoms with Crippen molar-refractivity contribution in [2.75, 3.05) is 40.2 Å². The molecule has 0 aliphatic rings. The number of carbonyl (C=O) groups excluding carboxylic acids is 1. The number of rotatable bonds is 19. The van der Waals surface area contributed by atoms with Crippen molar-refractivity contribution in [3.05, 3.63) is 120 Å². The number of benzene rings is 5. The summed E-state index contributed by atoms with van der Waals surface area (Å²) in [6.45, 7) is 3.32. The third-order valence-electron chi connectivity index (χ3n) is 10.5. The van der Waals surface area contributed by atoms with Crippen molar-refractivity contribution in [2.45, 2.75) is 61.8 Å². The van der Waals surface area contributed by atoms with E-state index < -0.39 is 60.7 Å². The molecule has 7 aromatic rings. The fraction of sp³-hybridized carbons (Fsp3) is 0.283. The number of sulfonamides is 2. The zero-order chi connectivity index (χ0) is 48.8. The van der Waals surface area contributed by atoms with Gasteiger partial charge in [0.2, 0.25) is 25.9 Å². The first-order valence-electron chi connectivity index (χ1n) is 21.1. The number of H-pyrrole nitrogens is 1. The van der Waals surface area contributed by atoms with Gasteiger partial charge in [0, 0.05) is 25.2 Å². The molecule has 0 unspecified atom stereocenters. The number of anilines is 1.